The number of nitrogens with zero attached hydrogens (tertiary/aromatic N) is 1. The highest BCUT2D eigenvalue weighted by Gasteiger charge is 2.35. The summed E-state index contributed by atoms with van der Waals surface area (Å²) in [6, 6.07) is 0.346. The van der Waals surface area contributed by atoms with E-state index in [1.807, 2.05) is 4.90 Å². The summed E-state index contributed by atoms with van der Waals surface area (Å²) in [7, 11) is 0. The van der Waals surface area contributed by atoms with Crippen molar-refractivity contribution < 1.29 is 4.79 Å². The van der Waals surface area contributed by atoms with Gasteiger partial charge in [0.2, 0.25) is 5.91 Å². The summed E-state index contributed by atoms with van der Waals surface area (Å²) in [6.45, 7) is 12.5. The van der Waals surface area contributed by atoms with E-state index in [2.05, 4.69) is 39.9 Å². The fourth-order valence-corrected chi connectivity index (χ4v) is 1.89. The molecule has 1 unspecified atom stereocenters. The van der Waals surface area contributed by atoms with Gasteiger partial charge in [-0.15, -0.1) is 0 Å². The van der Waals surface area contributed by atoms with Crippen molar-refractivity contribution in [2.24, 2.45) is 5.92 Å². The van der Waals surface area contributed by atoms with Crippen LogP contribution in [-0.2, 0) is 4.79 Å². The summed E-state index contributed by atoms with van der Waals surface area (Å²) in [4.78, 5) is 13.7. The van der Waals surface area contributed by atoms with Crippen LogP contribution < -0.4 is 5.32 Å². The molecule has 1 N–H and O–H groups in total. The van der Waals surface area contributed by atoms with Crippen LogP contribution in [0.1, 0.15) is 41.0 Å². The number of carbonyl (C=O) groups is 1. The second kappa shape index (κ2) is 4.52. The molecule has 1 fully saturated rings. The van der Waals surface area contributed by atoms with E-state index in [-0.39, 0.29) is 11.4 Å². The molecule has 1 saturated heterocycles. The van der Waals surface area contributed by atoms with E-state index in [1.54, 1.807) is 0 Å². The fraction of sp³-hybridized carbons (Fsp3) is 0.917. The largest absolute Gasteiger partial charge is 0.336 e. The Kier molecular flexibility index (Phi) is 3.77. The lowest BCUT2D eigenvalue weighted by Crippen LogP contribution is -2.44. The van der Waals surface area contributed by atoms with Crippen LogP contribution in [-0.4, -0.2) is 35.5 Å². The zero-order valence-corrected chi connectivity index (χ0v) is 10.6. The number of hydrogen-bond donors (Lipinski definition) is 1. The zero-order chi connectivity index (χ0) is 11.6. The van der Waals surface area contributed by atoms with Crippen molar-refractivity contribution in [1.82, 2.24) is 10.2 Å². The van der Waals surface area contributed by atoms with Crippen LogP contribution in [0.3, 0.4) is 0 Å². The standard InChI is InChI=1S/C12H24N2O/c1-9(2)7-13-10-6-11(15)14(8-10)12(3,4)5/h9-10,13H,6-8H2,1-5H3. The highest BCUT2D eigenvalue weighted by atomic mass is 16.2. The molecule has 0 radical (unpaired) electrons. The molecule has 3 heteroatoms. The van der Waals surface area contributed by atoms with Crippen LogP contribution in [0, 0.1) is 5.92 Å². The fourth-order valence-electron chi connectivity index (χ4n) is 1.89. The van der Waals surface area contributed by atoms with Gasteiger partial charge in [0.05, 0.1) is 0 Å². The topological polar surface area (TPSA) is 32.3 Å². The molecule has 1 rings (SSSR count). The van der Waals surface area contributed by atoms with Gasteiger partial charge in [-0.2, -0.15) is 0 Å². The molecule has 3 nitrogen and oxygen atoms in total. The van der Waals surface area contributed by atoms with E-state index in [9.17, 15) is 4.79 Å². The quantitative estimate of drug-likeness (QED) is 0.771. The Bertz CT molecular complexity index is 230. The average molecular weight is 212 g/mol. The molecule has 1 atom stereocenters. The normalized spacial score (nSPS) is 22.9. The van der Waals surface area contributed by atoms with Crippen molar-refractivity contribution in [2.75, 3.05) is 13.1 Å². The number of rotatable bonds is 3. The van der Waals surface area contributed by atoms with Crippen molar-refractivity contribution in [2.45, 2.75) is 52.6 Å². The number of amides is 1. The summed E-state index contributed by atoms with van der Waals surface area (Å²) in [5.41, 5.74) is -0.0364. The van der Waals surface area contributed by atoms with E-state index in [4.69, 9.17) is 0 Å². The second-order valence-electron chi connectivity index (χ2n) is 5.88. The van der Waals surface area contributed by atoms with Gasteiger partial charge in [-0.3, -0.25) is 4.79 Å². The van der Waals surface area contributed by atoms with Gasteiger partial charge in [0.1, 0.15) is 0 Å². The summed E-state index contributed by atoms with van der Waals surface area (Å²) in [5, 5.41) is 3.45. The summed E-state index contributed by atoms with van der Waals surface area (Å²) in [6.07, 6.45) is 0.657. The van der Waals surface area contributed by atoms with Crippen LogP contribution >= 0.6 is 0 Å². The van der Waals surface area contributed by atoms with E-state index in [0.717, 1.165) is 13.1 Å². The predicted molar refractivity (Wildman–Crippen MR) is 62.7 cm³/mol. The Balaban J connectivity index is 2.46. The SMILES string of the molecule is CC(C)CNC1CC(=O)N(C(C)(C)C)C1. The van der Waals surface area contributed by atoms with Gasteiger partial charge < -0.3 is 10.2 Å². The van der Waals surface area contributed by atoms with Crippen molar-refractivity contribution in [3.8, 4) is 0 Å². The molecule has 0 aromatic heterocycles. The first-order chi connectivity index (χ1) is 6.80. The number of likely N-dealkylation sites (tertiary alicyclic amines) is 1. The first-order valence-electron chi connectivity index (χ1n) is 5.84. The molecular formula is C12H24N2O. The lowest BCUT2D eigenvalue weighted by atomic mass is 10.1. The van der Waals surface area contributed by atoms with Gasteiger partial charge >= 0.3 is 0 Å². The zero-order valence-electron chi connectivity index (χ0n) is 10.6. The minimum absolute atomic E-state index is 0.0364. The van der Waals surface area contributed by atoms with E-state index >= 15 is 0 Å². The third-order valence-electron chi connectivity index (χ3n) is 2.75. The average Bonchev–Trinajstić information content (AvgIpc) is 2.42. The summed E-state index contributed by atoms with van der Waals surface area (Å²) >= 11 is 0. The van der Waals surface area contributed by atoms with Gasteiger partial charge in [-0.05, 0) is 33.2 Å². The Morgan fingerprint density at radius 1 is 1.47 bits per heavy atom. The second-order valence-corrected chi connectivity index (χ2v) is 5.88. The van der Waals surface area contributed by atoms with Crippen LogP contribution in [0.2, 0.25) is 0 Å². The third-order valence-corrected chi connectivity index (χ3v) is 2.75. The van der Waals surface area contributed by atoms with Crippen LogP contribution in [0.5, 0.6) is 0 Å². The van der Waals surface area contributed by atoms with Crippen molar-refractivity contribution >= 4 is 5.91 Å². The molecule has 15 heavy (non-hydrogen) atoms. The molecule has 1 heterocycles. The molecule has 0 aromatic rings. The Labute approximate surface area is 93.2 Å². The molecule has 0 aromatic carbocycles. The maximum Gasteiger partial charge on any atom is 0.224 e. The summed E-state index contributed by atoms with van der Waals surface area (Å²) in [5.74, 6) is 0.924. The number of carbonyl (C=O) groups excluding carboxylic acids is 1. The maximum atomic E-state index is 11.8. The van der Waals surface area contributed by atoms with Gasteiger partial charge in [-0.25, -0.2) is 0 Å². The molecule has 0 saturated carbocycles. The smallest absolute Gasteiger partial charge is 0.224 e. The molecule has 0 bridgehead atoms. The van der Waals surface area contributed by atoms with Crippen LogP contribution in [0.15, 0.2) is 0 Å². The maximum absolute atomic E-state index is 11.8. The van der Waals surface area contributed by atoms with Gasteiger partial charge in [-0.1, -0.05) is 13.8 Å². The summed E-state index contributed by atoms with van der Waals surface area (Å²) < 4.78 is 0. The first-order valence-corrected chi connectivity index (χ1v) is 5.84. The molecule has 1 aliphatic rings. The molecule has 1 aliphatic heterocycles. The lowest BCUT2D eigenvalue weighted by molar-refractivity contribution is -0.131. The minimum atomic E-state index is -0.0364. The molecule has 1 amide bonds. The minimum Gasteiger partial charge on any atom is -0.336 e. The third kappa shape index (κ3) is 3.49. The van der Waals surface area contributed by atoms with Crippen molar-refractivity contribution in [3.05, 3.63) is 0 Å². The Morgan fingerprint density at radius 2 is 2.07 bits per heavy atom. The number of nitrogens with one attached hydrogen (secondary N) is 1. The van der Waals surface area contributed by atoms with Gasteiger partial charge in [0, 0.05) is 24.5 Å². The monoisotopic (exact) mass is 212 g/mol. The Morgan fingerprint density at radius 3 is 2.47 bits per heavy atom. The van der Waals surface area contributed by atoms with E-state index < -0.39 is 0 Å². The highest BCUT2D eigenvalue weighted by Crippen LogP contribution is 2.21. The van der Waals surface area contributed by atoms with E-state index in [0.29, 0.717) is 18.4 Å². The number of hydrogen-bond acceptors (Lipinski definition) is 2. The Hall–Kier alpha value is -0.570. The van der Waals surface area contributed by atoms with Crippen LogP contribution in [0.4, 0.5) is 0 Å². The van der Waals surface area contributed by atoms with Crippen molar-refractivity contribution in [1.29, 1.82) is 0 Å². The van der Waals surface area contributed by atoms with E-state index in [1.165, 1.54) is 0 Å². The lowest BCUT2D eigenvalue weighted by Gasteiger charge is -2.32. The molecular weight excluding hydrogens is 188 g/mol. The van der Waals surface area contributed by atoms with Gasteiger partial charge in [0.25, 0.3) is 0 Å². The van der Waals surface area contributed by atoms with Crippen molar-refractivity contribution in [3.63, 3.8) is 0 Å². The molecule has 88 valence electrons. The predicted octanol–water partition coefficient (Wildman–Crippen LogP) is 1.63. The van der Waals surface area contributed by atoms with Crippen LogP contribution in [0.25, 0.3) is 0 Å². The molecule has 0 spiro atoms. The highest BCUT2D eigenvalue weighted by molar-refractivity contribution is 5.80. The first kappa shape index (κ1) is 12.5. The van der Waals surface area contributed by atoms with Gasteiger partial charge in [0.15, 0.2) is 0 Å². The molecule has 0 aliphatic carbocycles.